The Balaban J connectivity index is 1.38. The van der Waals surface area contributed by atoms with Crippen molar-refractivity contribution in [3.63, 3.8) is 0 Å². The van der Waals surface area contributed by atoms with Crippen LogP contribution in [-0.2, 0) is 14.4 Å². The molecule has 4 N–H and O–H groups in total. The first kappa shape index (κ1) is 23.0. The minimum Gasteiger partial charge on any atom is -0.389 e. The van der Waals surface area contributed by atoms with Gasteiger partial charge in [-0.2, -0.15) is 0 Å². The van der Waals surface area contributed by atoms with Crippen LogP contribution in [0.2, 0.25) is 0 Å². The summed E-state index contributed by atoms with van der Waals surface area (Å²) < 4.78 is 1.01. The number of nitrogens with one attached hydrogen (secondary N) is 3. The molecule has 5 heterocycles. The molecule has 2 aromatic rings. The monoisotopic (exact) mass is 486 g/mol. The van der Waals surface area contributed by atoms with E-state index in [4.69, 9.17) is 0 Å². The topological polar surface area (TPSA) is 132 Å². The Labute approximate surface area is 201 Å². The van der Waals surface area contributed by atoms with Crippen molar-refractivity contribution in [2.24, 2.45) is 11.8 Å². The van der Waals surface area contributed by atoms with Gasteiger partial charge in [-0.3, -0.25) is 19.2 Å². The van der Waals surface area contributed by atoms with Crippen molar-refractivity contribution in [3.8, 4) is 0 Å². The van der Waals surface area contributed by atoms with E-state index in [9.17, 15) is 24.3 Å². The lowest BCUT2D eigenvalue weighted by Gasteiger charge is -2.50. The zero-order chi connectivity index (χ0) is 24.0. The molecule has 4 fully saturated rings. The van der Waals surface area contributed by atoms with Crippen LogP contribution in [0.4, 0.5) is 0 Å². The normalized spacial score (nSPS) is 27.1. The number of carbonyl (C=O) groups excluding carboxylic acids is 4. The molecule has 0 aromatic carbocycles. The first-order chi connectivity index (χ1) is 16.4. The number of ketones is 1. The van der Waals surface area contributed by atoms with E-state index >= 15 is 0 Å². The van der Waals surface area contributed by atoms with Gasteiger partial charge < -0.3 is 25.6 Å². The summed E-state index contributed by atoms with van der Waals surface area (Å²) in [5, 5.41) is 15.0. The number of aromatic nitrogens is 1. The van der Waals surface area contributed by atoms with Crippen LogP contribution in [0.1, 0.15) is 53.9 Å². The smallest absolute Gasteiger partial charge is 0.271 e. The lowest BCUT2D eigenvalue weighted by molar-refractivity contribution is -0.137. The number of hydrogen-bond acceptors (Lipinski definition) is 6. The second kappa shape index (κ2) is 9.14. The molecule has 1 saturated carbocycles. The van der Waals surface area contributed by atoms with E-state index in [0.29, 0.717) is 18.7 Å². The number of Topliss-reactive ketones (excluding diaryl/α,β-unsaturated/α-hetero) is 1. The van der Waals surface area contributed by atoms with Crippen molar-refractivity contribution in [2.45, 2.75) is 63.6 Å². The van der Waals surface area contributed by atoms with Gasteiger partial charge in [-0.15, -0.1) is 11.3 Å². The molecular formula is C24H30N4O5S. The number of aromatic amines is 1. The zero-order valence-corrected chi connectivity index (χ0v) is 20.0. The molecule has 3 amide bonds. The van der Waals surface area contributed by atoms with Gasteiger partial charge in [-0.1, -0.05) is 0 Å². The molecule has 3 saturated heterocycles. The van der Waals surface area contributed by atoms with Crippen molar-refractivity contribution in [1.29, 1.82) is 0 Å². The summed E-state index contributed by atoms with van der Waals surface area (Å²) in [6, 6.07) is 2.21. The first-order valence-corrected chi connectivity index (χ1v) is 12.8. The molecule has 10 heteroatoms. The van der Waals surface area contributed by atoms with Crippen LogP contribution < -0.4 is 10.6 Å². The molecular weight excluding hydrogens is 456 g/mol. The van der Waals surface area contributed by atoms with Crippen LogP contribution in [0, 0.1) is 18.8 Å². The summed E-state index contributed by atoms with van der Waals surface area (Å²) in [4.78, 5) is 57.7. The van der Waals surface area contributed by atoms with Crippen molar-refractivity contribution < 1.29 is 24.3 Å². The van der Waals surface area contributed by atoms with Crippen LogP contribution >= 0.6 is 11.3 Å². The van der Waals surface area contributed by atoms with E-state index in [0.717, 1.165) is 40.8 Å². The lowest BCUT2D eigenvalue weighted by Crippen LogP contribution is -2.64. The minimum atomic E-state index is -0.956. The average Bonchev–Trinajstić information content (AvgIpc) is 3.52. The molecule has 34 heavy (non-hydrogen) atoms. The van der Waals surface area contributed by atoms with Gasteiger partial charge in [0, 0.05) is 23.4 Å². The standard InChI is InChI=1S/C24H30N4O5S/c1-12-8-17-20(34-12)10-18(26-17)24(33)28-15-4-2-13(3-5-15)21(28)23(32)27-16(19(30)11-29)9-14-6-7-25-22(14)31/h8,10,13-16,21,26,29H,2-7,9,11H2,1H3,(H,25,31)(H,27,32). The van der Waals surface area contributed by atoms with Gasteiger partial charge >= 0.3 is 0 Å². The van der Waals surface area contributed by atoms with Crippen molar-refractivity contribution in [2.75, 3.05) is 13.2 Å². The predicted octanol–water partition coefficient (Wildman–Crippen LogP) is 1.49. The zero-order valence-electron chi connectivity index (χ0n) is 19.1. The molecule has 4 aliphatic rings. The SMILES string of the molecule is Cc1cc2[nH]c(C(=O)N3C4CCC(CC4)C3C(=O)NC(CC3CCNC3=O)C(=O)CO)cc2s1. The summed E-state index contributed by atoms with van der Waals surface area (Å²) in [6.45, 7) is 1.85. The van der Waals surface area contributed by atoms with Crippen molar-refractivity contribution >= 4 is 45.1 Å². The fourth-order valence-electron chi connectivity index (χ4n) is 5.88. The Bertz CT molecular complexity index is 1100. The summed E-state index contributed by atoms with van der Waals surface area (Å²) in [5.41, 5.74) is 1.38. The van der Waals surface area contributed by atoms with Crippen LogP contribution in [0.25, 0.3) is 10.2 Å². The fourth-order valence-corrected chi connectivity index (χ4v) is 6.80. The highest BCUT2D eigenvalue weighted by molar-refractivity contribution is 7.19. The number of aliphatic hydroxyl groups is 1. The highest BCUT2D eigenvalue weighted by Gasteiger charge is 2.48. The number of aliphatic hydroxyl groups excluding tert-OH is 1. The highest BCUT2D eigenvalue weighted by Crippen LogP contribution is 2.41. The van der Waals surface area contributed by atoms with Crippen molar-refractivity contribution in [3.05, 3.63) is 22.7 Å². The van der Waals surface area contributed by atoms with Gasteiger partial charge in [0.25, 0.3) is 5.91 Å². The third-order valence-electron chi connectivity index (χ3n) is 7.59. The second-order valence-electron chi connectivity index (χ2n) is 9.74. The van der Waals surface area contributed by atoms with Gasteiger partial charge in [0.15, 0.2) is 5.78 Å². The number of aryl methyl sites for hydroxylation is 1. The number of carbonyl (C=O) groups is 4. The molecule has 0 radical (unpaired) electrons. The van der Waals surface area contributed by atoms with E-state index < -0.39 is 24.5 Å². The Morgan fingerprint density at radius 2 is 1.97 bits per heavy atom. The third kappa shape index (κ3) is 4.13. The second-order valence-corrected chi connectivity index (χ2v) is 11.0. The van der Waals surface area contributed by atoms with E-state index in [-0.39, 0.29) is 42.0 Å². The summed E-state index contributed by atoms with van der Waals surface area (Å²) >= 11 is 1.61. The predicted molar refractivity (Wildman–Crippen MR) is 126 cm³/mol. The van der Waals surface area contributed by atoms with E-state index in [1.165, 1.54) is 0 Å². The van der Waals surface area contributed by atoms with Gasteiger partial charge in [-0.25, -0.2) is 0 Å². The molecule has 6 rings (SSSR count). The number of thiophene rings is 1. The Morgan fingerprint density at radius 3 is 2.62 bits per heavy atom. The average molecular weight is 487 g/mol. The fraction of sp³-hybridized carbons (Fsp3) is 0.583. The summed E-state index contributed by atoms with van der Waals surface area (Å²) in [6.07, 6.45) is 4.17. The largest absolute Gasteiger partial charge is 0.389 e. The van der Waals surface area contributed by atoms with E-state index in [1.807, 2.05) is 19.1 Å². The van der Waals surface area contributed by atoms with Crippen molar-refractivity contribution in [1.82, 2.24) is 20.5 Å². The molecule has 182 valence electrons. The minimum absolute atomic E-state index is 0.0203. The van der Waals surface area contributed by atoms with Crippen LogP contribution in [0.5, 0.6) is 0 Å². The quantitative estimate of drug-likeness (QED) is 0.471. The maximum atomic E-state index is 13.6. The number of H-pyrrole nitrogens is 1. The lowest BCUT2D eigenvalue weighted by atomic mass is 9.74. The number of rotatable bonds is 7. The third-order valence-corrected chi connectivity index (χ3v) is 8.58. The molecule has 9 nitrogen and oxygen atoms in total. The van der Waals surface area contributed by atoms with Crippen LogP contribution in [-0.4, -0.2) is 69.8 Å². The number of amides is 3. The Hall–Kier alpha value is -2.72. The molecule has 2 aromatic heterocycles. The van der Waals surface area contributed by atoms with E-state index in [2.05, 4.69) is 15.6 Å². The Morgan fingerprint density at radius 1 is 1.21 bits per heavy atom. The molecule has 2 bridgehead atoms. The van der Waals surface area contributed by atoms with Gasteiger partial charge in [0.2, 0.25) is 11.8 Å². The number of piperidine rings is 2. The highest BCUT2D eigenvalue weighted by atomic mass is 32.1. The molecule has 3 unspecified atom stereocenters. The van der Waals surface area contributed by atoms with E-state index in [1.54, 1.807) is 16.2 Å². The molecule has 0 spiro atoms. The Kier molecular flexibility index (Phi) is 6.20. The van der Waals surface area contributed by atoms with Gasteiger partial charge in [0.1, 0.15) is 18.3 Å². The number of nitrogens with zero attached hydrogens (tertiary/aromatic N) is 1. The molecule has 3 aliphatic heterocycles. The number of fused-ring (bicyclic) bond motifs is 4. The number of hydrogen-bond donors (Lipinski definition) is 4. The van der Waals surface area contributed by atoms with Crippen LogP contribution in [0.3, 0.4) is 0 Å². The summed E-state index contributed by atoms with van der Waals surface area (Å²) in [5.74, 6) is -1.59. The molecule has 1 aliphatic carbocycles. The van der Waals surface area contributed by atoms with Gasteiger partial charge in [-0.05, 0) is 63.5 Å². The first-order valence-electron chi connectivity index (χ1n) is 12.0. The van der Waals surface area contributed by atoms with Crippen LogP contribution in [0.15, 0.2) is 12.1 Å². The summed E-state index contributed by atoms with van der Waals surface area (Å²) in [7, 11) is 0. The van der Waals surface area contributed by atoms with Gasteiger partial charge in [0.05, 0.1) is 16.3 Å². The maximum absolute atomic E-state index is 13.6. The maximum Gasteiger partial charge on any atom is 0.271 e. The molecule has 3 atom stereocenters.